The number of carbonyl (C=O) groups excluding carboxylic acids is 1. The molecule has 0 aromatic heterocycles. The lowest BCUT2D eigenvalue weighted by Crippen LogP contribution is -2.49. The molecule has 0 aliphatic carbocycles. The summed E-state index contributed by atoms with van der Waals surface area (Å²) in [5, 5.41) is 0. The number of benzene rings is 1. The van der Waals surface area contributed by atoms with E-state index >= 15 is 0 Å². The van der Waals surface area contributed by atoms with Gasteiger partial charge in [-0.15, -0.1) is 0 Å². The molecular weight excluding hydrogens is 268 g/mol. The predicted octanol–water partition coefficient (Wildman–Crippen LogP) is 1.55. The van der Waals surface area contributed by atoms with Crippen LogP contribution in [0.5, 0.6) is 0 Å². The van der Waals surface area contributed by atoms with Crippen molar-refractivity contribution in [3.8, 4) is 0 Å². The van der Waals surface area contributed by atoms with Gasteiger partial charge in [0, 0.05) is 13.0 Å². The van der Waals surface area contributed by atoms with Gasteiger partial charge in [0.25, 0.3) is 0 Å². The highest BCUT2D eigenvalue weighted by Gasteiger charge is 2.33. The van der Waals surface area contributed by atoms with Gasteiger partial charge in [-0.1, -0.05) is 30.3 Å². The molecule has 1 aromatic carbocycles. The summed E-state index contributed by atoms with van der Waals surface area (Å²) < 4.78 is 11.0. The van der Waals surface area contributed by atoms with Crippen LogP contribution in [0.1, 0.15) is 32.8 Å². The first-order valence-electron chi connectivity index (χ1n) is 7.12. The molecule has 0 saturated heterocycles. The van der Waals surface area contributed by atoms with E-state index < -0.39 is 11.4 Å². The fourth-order valence-corrected chi connectivity index (χ4v) is 1.89. The van der Waals surface area contributed by atoms with Crippen LogP contribution in [0.3, 0.4) is 0 Å². The molecule has 5 heteroatoms. The van der Waals surface area contributed by atoms with E-state index in [1.807, 2.05) is 39.0 Å². The Kier molecular flexibility index (Phi) is 6.33. The second-order valence-corrected chi connectivity index (χ2v) is 6.02. The van der Waals surface area contributed by atoms with Gasteiger partial charge in [0.2, 0.25) is 5.91 Å². The summed E-state index contributed by atoms with van der Waals surface area (Å²) >= 11 is 0. The third-order valence-electron chi connectivity index (χ3n) is 3.13. The van der Waals surface area contributed by atoms with Gasteiger partial charge in [-0.2, -0.15) is 0 Å². The summed E-state index contributed by atoms with van der Waals surface area (Å²) in [6.45, 7) is 7.27. The van der Waals surface area contributed by atoms with Crippen molar-refractivity contribution < 1.29 is 14.3 Å². The largest absolute Gasteiger partial charge is 0.379 e. The molecule has 0 aliphatic heterocycles. The van der Waals surface area contributed by atoms with Crippen LogP contribution in [-0.4, -0.2) is 31.3 Å². The molecular formula is C16H26N2O3. The van der Waals surface area contributed by atoms with E-state index in [9.17, 15) is 4.79 Å². The quantitative estimate of drug-likeness (QED) is 0.712. The smallest absolute Gasteiger partial charge is 0.242 e. The van der Waals surface area contributed by atoms with Crippen LogP contribution in [-0.2, 0) is 19.8 Å². The molecule has 0 heterocycles. The van der Waals surface area contributed by atoms with E-state index in [4.69, 9.17) is 20.9 Å². The summed E-state index contributed by atoms with van der Waals surface area (Å²) in [5.41, 5.74) is 10.9. The third kappa shape index (κ3) is 5.83. The number of rotatable bonds is 8. The van der Waals surface area contributed by atoms with Gasteiger partial charge in [-0.3, -0.25) is 4.79 Å². The first-order valence-corrected chi connectivity index (χ1v) is 7.12. The highest BCUT2D eigenvalue weighted by molar-refractivity contribution is 5.85. The van der Waals surface area contributed by atoms with Gasteiger partial charge in [0.05, 0.1) is 18.8 Å². The van der Waals surface area contributed by atoms with E-state index in [0.29, 0.717) is 31.8 Å². The molecule has 0 fully saturated rings. The number of amides is 1. The first-order chi connectivity index (χ1) is 9.76. The van der Waals surface area contributed by atoms with Crippen LogP contribution in [0.4, 0.5) is 0 Å². The number of hydrogen-bond donors (Lipinski definition) is 2. The molecule has 118 valence electrons. The minimum Gasteiger partial charge on any atom is -0.379 e. The second-order valence-electron chi connectivity index (χ2n) is 6.02. The third-order valence-corrected chi connectivity index (χ3v) is 3.13. The lowest BCUT2D eigenvalue weighted by Gasteiger charge is -2.26. The van der Waals surface area contributed by atoms with Crippen molar-refractivity contribution in [2.75, 3.05) is 19.8 Å². The van der Waals surface area contributed by atoms with E-state index in [1.54, 1.807) is 12.1 Å². The zero-order valence-electron chi connectivity index (χ0n) is 13.1. The normalized spacial score (nSPS) is 14.7. The molecule has 1 atom stereocenters. The topological polar surface area (TPSA) is 87.6 Å². The maximum Gasteiger partial charge on any atom is 0.242 e. The van der Waals surface area contributed by atoms with Gasteiger partial charge in [0.1, 0.15) is 5.54 Å². The molecule has 0 aliphatic rings. The van der Waals surface area contributed by atoms with Gasteiger partial charge in [-0.25, -0.2) is 0 Å². The molecule has 5 nitrogen and oxygen atoms in total. The zero-order valence-corrected chi connectivity index (χ0v) is 13.1. The molecule has 1 unspecified atom stereocenters. The maximum atomic E-state index is 11.7. The van der Waals surface area contributed by atoms with Crippen molar-refractivity contribution in [1.82, 2.24) is 0 Å². The molecule has 1 rings (SSSR count). The average Bonchev–Trinajstić information content (AvgIpc) is 2.42. The SMILES string of the molecule is CC(C)(C)OCCOCCC(N)(C(N)=O)c1ccccc1. The number of carbonyl (C=O) groups is 1. The molecule has 0 bridgehead atoms. The number of primary amides is 1. The number of ether oxygens (including phenoxy) is 2. The van der Waals surface area contributed by atoms with Crippen LogP contribution >= 0.6 is 0 Å². The number of nitrogens with two attached hydrogens (primary N) is 2. The van der Waals surface area contributed by atoms with Crippen molar-refractivity contribution in [1.29, 1.82) is 0 Å². The molecule has 4 N–H and O–H groups in total. The molecule has 1 aromatic rings. The highest BCUT2D eigenvalue weighted by Crippen LogP contribution is 2.21. The summed E-state index contributed by atoms with van der Waals surface area (Å²) in [4.78, 5) is 11.7. The fourth-order valence-electron chi connectivity index (χ4n) is 1.89. The Morgan fingerprint density at radius 2 is 1.71 bits per heavy atom. The molecule has 21 heavy (non-hydrogen) atoms. The van der Waals surface area contributed by atoms with Crippen molar-refractivity contribution in [3.63, 3.8) is 0 Å². The fraction of sp³-hybridized carbons (Fsp3) is 0.562. The molecule has 0 saturated carbocycles. The van der Waals surface area contributed by atoms with Crippen molar-refractivity contribution >= 4 is 5.91 Å². The van der Waals surface area contributed by atoms with Crippen LogP contribution in [0.15, 0.2) is 30.3 Å². The van der Waals surface area contributed by atoms with Crippen molar-refractivity contribution in [2.45, 2.75) is 38.3 Å². The Hall–Kier alpha value is -1.43. The summed E-state index contributed by atoms with van der Waals surface area (Å²) in [6, 6.07) is 9.13. The Bertz CT molecular complexity index is 443. The standard InChI is InChI=1S/C16H26N2O3/c1-15(2,3)21-12-11-20-10-9-16(18,14(17)19)13-7-5-4-6-8-13/h4-8H,9-12,18H2,1-3H3,(H2,17,19). The zero-order chi connectivity index (χ0) is 15.9. The van der Waals surface area contributed by atoms with Gasteiger partial charge in [-0.05, 0) is 26.3 Å². The minimum absolute atomic E-state index is 0.182. The maximum absolute atomic E-state index is 11.7. The average molecular weight is 294 g/mol. The van der Waals surface area contributed by atoms with Crippen LogP contribution in [0.2, 0.25) is 0 Å². The summed E-state index contributed by atoms with van der Waals surface area (Å²) in [6.07, 6.45) is 0.335. The van der Waals surface area contributed by atoms with E-state index in [2.05, 4.69) is 0 Å². The lowest BCUT2D eigenvalue weighted by atomic mass is 9.87. The lowest BCUT2D eigenvalue weighted by molar-refractivity contribution is -0.124. The van der Waals surface area contributed by atoms with Crippen LogP contribution in [0, 0.1) is 0 Å². The van der Waals surface area contributed by atoms with Crippen LogP contribution in [0.25, 0.3) is 0 Å². The van der Waals surface area contributed by atoms with Gasteiger partial charge < -0.3 is 20.9 Å². The Balaban J connectivity index is 2.45. The summed E-state index contributed by atoms with van der Waals surface area (Å²) in [5.74, 6) is -0.553. The Morgan fingerprint density at radius 1 is 1.10 bits per heavy atom. The monoisotopic (exact) mass is 294 g/mol. The van der Waals surface area contributed by atoms with E-state index in [1.165, 1.54) is 0 Å². The van der Waals surface area contributed by atoms with Gasteiger partial charge in [0.15, 0.2) is 0 Å². The van der Waals surface area contributed by atoms with Crippen LogP contribution < -0.4 is 11.5 Å². The first kappa shape index (κ1) is 17.6. The van der Waals surface area contributed by atoms with Gasteiger partial charge >= 0.3 is 0 Å². The summed E-state index contributed by atoms with van der Waals surface area (Å²) in [7, 11) is 0. The van der Waals surface area contributed by atoms with Crippen molar-refractivity contribution in [3.05, 3.63) is 35.9 Å². The van der Waals surface area contributed by atoms with Crippen molar-refractivity contribution in [2.24, 2.45) is 11.5 Å². The Labute approximate surface area is 126 Å². The molecule has 1 amide bonds. The minimum atomic E-state index is -1.20. The predicted molar refractivity (Wildman–Crippen MR) is 82.6 cm³/mol. The Morgan fingerprint density at radius 3 is 2.24 bits per heavy atom. The molecule has 0 radical (unpaired) electrons. The van der Waals surface area contributed by atoms with E-state index in [0.717, 1.165) is 0 Å². The van der Waals surface area contributed by atoms with E-state index in [-0.39, 0.29) is 5.60 Å². The second kappa shape index (κ2) is 7.54. The highest BCUT2D eigenvalue weighted by atomic mass is 16.5. The number of hydrogen-bond acceptors (Lipinski definition) is 4. The molecule has 0 spiro atoms.